The minimum absolute atomic E-state index is 0.185. The van der Waals surface area contributed by atoms with Crippen LogP contribution in [0.25, 0.3) is 22.3 Å². The predicted molar refractivity (Wildman–Crippen MR) is 150 cm³/mol. The third-order valence-corrected chi connectivity index (χ3v) is 9.37. The molecule has 0 unspecified atom stereocenters. The zero-order chi connectivity index (χ0) is 26.5. The van der Waals surface area contributed by atoms with Crippen molar-refractivity contribution in [2.75, 3.05) is 13.6 Å². The van der Waals surface area contributed by atoms with E-state index in [4.69, 9.17) is 21.6 Å². The van der Waals surface area contributed by atoms with E-state index in [0.717, 1.165) is 27.7 Å². The van der Waals surface area contributed by atoms with Crippen molar-refractivity contribution in [2.45, 2.75) is 11.5 Å². The molecule has 1 aromatic heterocycles. The Hall–Kier alpha value is -4.19. The summed E-state index contributed by atoms with van der Waals surface area (Å²) in [6, 6.07) is 30.5. The highest BCUT2D eigenvalue weighted by molar-refractivity contribution is 6.33. The lowest BCUT2D eigenvalue weighted by atomic mass is 9.58. The van der Waals surface area contributed by atoms with Crippen LogP contribution in [0.4, 0.5) is 0 Å². The maximum atomic E-state index is 15.0. The van der Waals surface area contributed by atoms with Gasteiger partial charge in [0.05, 0.1) is 22.4 Å². The predicted octanol–water partition coefficient (Wildman–Crippen LogP) is 6.30. The number of para-hydroxylation sites is 2. The van der Waals surface area contributed by atoms with Gasteiger partial charge in [0, 0.05) is 34.2 Å². The normalized spacial score (nSPS) is 22.6. The van der Waals surface area contributed by atoms with Gasteiger partial charge in [-0.15, -0.1) is 0 Å². The lowest BCUT2D eigenvalue weighted by molar-refractivity contribution is 0.0462. The highest BCUT2D eigenvalue weighted by atomic mass is 35.5. The number of carbonyl (C=O) groups excluding carboxylic acids is 2. The Labute approximate surface area is 230 Å². The molecular formula is C33H22ClN3O2. The zero-order valence-corrected chi connectivity index (χ0v) is 21.8. The van der Waals surface area contributed by atoms with Gasteiger partial charge in [-0.3, -0.25) is 14.5 Å². The van der Waals surface area contributed by atoms with Crippen LogP contribution in [0.5, 0.6) is 0 Å². The molecule has 2 atom stereocenters. The van der Waals surface area contributed by atoms with Gasteiger partial charge >= 0.3 is 0 Å². The van der Waals surface area contributed by atoms with Gasteiger partial charge in [-0.1, -0.05) is 90.5 Å². The molecule has 0 amide bonds. The first-order valence-corrected chi connectivity index (χ1v) is 13.4. The van der Waals surface area contributed by atoms with Gasteiger partial charge in [0.2, 0.25) is 0 Å². The van der Waals surface area contributed by atoms with Gasteiger partial charge in [0.25, 0.3) is 0 Å². The molecule has 6 heteroatoms. The number of Topliss-reactive ketones (excluding diaryl/α,β-unsaturated/α-hetero) is 2. The summed E-state index contributed by atoms with van der Waals surface area (Å²) in [7, 11) is 1.99. The molecular weight excluding hydrogens is 506 g/mol. The molecule has 39 heavy (non-hydrogen) atoms. The van der Waals surface area contributed by atoms with Crippen molar-refractivity contribution in [3.8, 4) is 11.3 Å². The van der Waals surface area contributed by atoms with E-state index < -0.39 is 16.9 Å². The van der Waals surface area contributed by atoms with Crippen LogP contribution < -0.4 is 0 Å². The number of fused-ring (bicyclic) bond motifs is 8. The van der Waals surface area contributed by atoms with Gasteiger partial charge in [-0.2, -0.15) is 0 Å². The highest BCUT2D eigenvalue weighted by Crippen LogP contribution is 2.69. The summed E-state index contributed by atoms with van der Waals surface area (Å²) in [6.07, 6.45) is 0. The van der Waals surface area contributed by atoms with Crippen molar-refractivity contribution >= 4 is 34.2 Å². The fourth-order valence-electron chi connectivity index (χ4n) is 7.60. The maximum Gasteiger partial charge on any atom is 0.180 e. The van der Waals surface area contributed by atoms with E-state index in [-0.39, 0.29) is 11.6 Å². The molecule has 188 valence electrons. The Morgan fingerprint density at radius 3 is 2.00 bits per heavy atom. The molecule has 3 aliphatic rings. The first kappa shape index (κ1) is 22.8. The zero-order valence-electron chi connectivity index (χ0n) is 21.1. The highest BCUT2D eigenvalue weighted by Gasteiger charge is 2.77. The molecule has 2 heterocycles. The van der Waals surface area contributed by atoms with E-state index >= 15 is 0 Å². The second-order valence-electron chi connectivity index (χ2n) is 10.6. The average Bonchev–Trinajstić information content (AvgIpc) is 3.50. The molecule has 8 rings (SSSR count). The number of aromatic nitrogens is 2. The van der Waals surface area contributed by atoms with E-state index in [1.165, 1.54) is 0 Å². The summed E-state index contributed by atoms with van der Waals surface area (Å²) < 4.78 is 0. The largest absolute Gasteiger partial charge is 0.293 e. The number of rotatable bonds is 1. The van der Waals surface area contributed by atoms with Crippen molar-refractivity contribution in [3.63, 3.8) is 0 Å². The Kier molecular flexibility index (Phi) is 4.49. The molecule has 0 radical (unpaired) electrons. The number of nitrogens with zero attached hydrogens (tertiary/aromatic N) is 3. The summed E-state index contributed by atoms with van der Waals surface area (Å²) >= 11 is 6.82. The number of hydrogen-bond acceptors (Lipinski definition) is 5. The molecule has 0 bridgehead atoms. The van der Waals surface area contributed by atoms with Crippen LogP contribution in [0.3, 0.4) is 0 Å². The second-order valence-corrected chi connectivity index (χ2v) is 11.0. The summed E-state index contributed by atoms with van der Waals surface area (Å²) in [5, 5.41) is 0.542. The standard InChI is InChI=1S/C33H22ClN3O2/c1-37-18-24(21-12-5-7-15-25(21)34)32(30(38)19-10-2-3-11-20(19)31(32)39)33(37)23-14-6-4-13-22(23)28-29(33)36-27-17-9-8-16-26(27)35-28/h2-17,24H,18H2,1H3/t24-,33+/m1/s1. The van der Waals surface area contributed by atoms with Crippen molar-refractivity contribution in [3.05, 3.63) is 130 Å². The number of likely N-dealkylation sites (tertiary alicyclic amines) is 1. The lowest BCUT2D eigenvalue weighted by Gasteiger charge is -2.44. The van der Waals surface area contributed by atoms with Gasteiger partial charge in [0.15, 0.2) is 11.6 Å². The third kappa shape index (κ3) is 2.51. The summed E-state index contributed by atoms with van der Waals surface area (Å²) in [6.45, 7) is 0.442. The van der Waals surface area contributed by atoms with Crippen LogP contribution in [-0.2, 0) is 5.54 Å². The summed E-state index contributed by atoms with van der Waals surface area (Å²) in [4.78, 5) is 42.4. The quantitative estimate of drug-likeness (QED) is 0.239. The first-order chi connectivity index (χ1) is 19.0. The maximum absolute atomic E-state index is 15.0. The van der Waals surface area contributed by atoms with Gasteiger partial charge in [-0.05, 0) is 36.4 Å². The van der Waals surface area contributed by atoms with Crippen molar-refractivity contribution in [1.82, 2.24) is 14.9 Å². The van der Waals surface area contributed by atoms with Crippen LogP contribution in [0, 0.1) is 5.41 Å². The van der Waals surface area contributed by atoms with Crippen molar-refractivity contribution < 1.29 is 9.59 Å². The fraction of sp³-hybridized carbons (Fsp3) is 0.152. The van der Waals surface area contributed by atoms with E-state index in [1.54, 1.807) is 12.1 Å². The van der Waals surface area contributed by atoms with Crippen molar-refractivity contribution in [2.24, 2.45) is 5.41 Å². The molecule has 5 nitrogen and oxygen atoms in total. The van der Waals surface area contributed by atoms with Crippen LogP contribution in [-0.4, -0.2) is 40.0 Å². The third-order valence-electron chi connectivity index (χ3n) is 9.02. The van der Waals surface area contributed by atoms with E-state index in [0.29, 0.717) is 34.1 Å². The van der Waals surface area contributed by atoms with E-state index in [9.17, 15) is 9.59 Å². The molecule has 1 saturated heterocycles. The number of likely N-dealkylation sites (N-methyl/N-ethyl adjacent to an activating group) is 1. The number of benzene rings is 4. The molecule has 5 aromatic rings. The smallest absolute Gasteiger partial charge is 0.180 e. The van der Waals surface area contributed by atoms with E-state index in [1.807, 2.05) is 92.0 Å². The second kappa shape index (κ2) is 7.69. The number of carbonyl (C=O) groups is 2. The van der Waals surface area contributed by atoms with Crippen LogP contribution >= 0.6 is 11.6 Å². The Balaban J connectivity index is 1.56. The monoisotopic (exact) mass is 527 g/mol. The molecule has 0 N–H and O–H groups in total. The molecule has 1 aliphatic heterocycles. The Morgan fingerprint density at radius 1 is 0.744 bits per heavy atom. The summed E-state index contributed by atoms with van der Waals surface area (Å²) in [5.74, 6) is -0.874. The molecule has 1 fully saturated rings. The molecule has 2 spiro atoms. The number of halogens is 1. The van der Waals surface area contributed by atoms with Crippen LogP contribution in [0.15, 0.2) is 97.1 Å². The molecule has 4 aromatic carbocycles. The van der Waals surface area contributed by atoms with E-state index in [2.05, 4.69) is 4.90 Å². The van der Waals surface area contributed by atoms with Gasteiger partial charge < -0.3 is 0 Å². The number of hydrogen-bond donors (Lipinski definition) is 0. The Bertz CT molecular complexity index is 1860. The van der Waals surface area contributed by atoms with Crippen LogP contribution in [0.1, 0.15) is 43.5 Å². The van der Waals surface area contributed by atoms with Gasteiger partial charge in [-0.25, -0.2) is 9.97 Å². The first-order valence-electron chi connectivity index (χ1n) is 13.0. The van der Waals surface area contributed by atoms with Crippen LogP contribution in [0.2, 0.25) is 5.02 Å². The van der Waals surface area contributed by atoms with Crippen molar-refractivity contribution in [1.29, 1.82) is 0 Å². The summed E-state index contributed by atoms with van der Waals surface area (Å²) in [5.41, 5.74) is 3.63. The number of ketones is 2. The molecule has 0 saturated carbocycles. The topological polar surface area (TPSA) is 63.2 Å². The minimum atomic E-state index is -1.52. The lowest BCUT2D eigenvalue weighted by Crippen LogP contribution is -2.56. The Morgan fingerprint density at radius 2 is 1.31 bits per heavy atom. The molecule has 2 aliphatic carbocycles. The SMILES string of the molecule is CN1C[C@H](c2ccccc2Cl)C2(C(=O)c3ccccc3C2=O)[C@@]12c1ccccc1-c1nc3ccccc3nc12. The average molecular weight is 528 g/mol. The minimum Gasteiger partial charge on any atom is -0.293 e. The van der Waals surface area contributed by atoms with Gasteiger partial charge in [0.1, 0.15) is 11.0 Å². The fourth-order valence-corrected chi connectivity index (χ4v) is 7.87.